The van der Waals surface area contributed by atoms with Gasteiger partial charge in [0.1, 0.15) is 12.4 Å². The second kappa shape index (κ2) is 10.9. The van der Waals surface area contributed by atoms with E-state index in [1.807, 2.05) is 61.5 Å². The molecule has 0 bridgehead atoms. The second-order valence-corrected chi connectivity index (χ2v) is 8.94. The first-order valence-corrected chi connectivity index (χ1v) is 11.8. The number of hydrogen-bond donors (Lipinski definition) is 2. The third kappa shape index (κ3) is 5.70. The number of carbonyl (C=O) groups excluding carboxylic acids is 1. The molecule has 1 saturated heterocycles. The number of nitrogens with one attached hydrogen (secondary N) is 2. The highest BCUT2D eigenvalue weighted by Crippen LogP contribution is 2.35. The smallest absolute Gasteiger partial charge is 0.260 e. The van der Waals surface area contributed by atoms with Gasteiger partial charge in [-0.1, -0.05) is 42.1 Å². The molecule has 1 heterocycles. The zero-order chi connectivity index (χ0) is 24.8. The maximum atomic E-state index is 12.6. The molecule has 0 saturated carbocycles. The van der Waals surface area contributed by atoms with Crippen LogP contribution in [0, 0.1) is 18.3 Å². The molecule has 2 N–H and O–H groups in total. The summed E-state index contributed by atoms with van der Waals surface area (Å²) in [5.41, 5.74) is 3.75. The van der Waals surface area contributed by atoms with Gasteiger partial charge in [-0.25, -0.2) is 0 Å². The van der Waals surface area contributed by atoms with Crippen molar-refractivity contribution < 1.29 is 19.0 Å². The molecule has 0 aromatic heterocycles. The summed E-state index contributed by atoms with van der Waals surface area (Å²) in [5, 5.41) is 15.5. The predicted octanol–water partition coefficient (Wildman–Crippen LogP) is 5.06. The van der Waals surface area contributed by atoms with Crippen LogP contribution in [0.3, 0.4) is 0 Å². The fourth-order valence-corrected chi connectivity index (χ4v) is 4.57. The van der Waals surface area contributed by atoms with E-state index in [4.69, 9.17) is 14.2 Å². The summed E-state index contributed by atoms with van der Waals surface area (Å²) in [6.45, 7) is 2.24. The molecule has 1 amide bonds. The maximum Gasteiger partial charge on any atom is 0.260 e. The van der Waals surface area contributed by atoms with E-state index in [-0.39, 0.29) is 18.0 Å². The van der Waals surface area contributed by atoms with Crippen LogP contribution in [0.25, 0.3) is 6.08 Å². The number of nitriles is 1. The van der Waals surface area contributed by atoms with Crippen LogP contribution in [0.15, 0.2) is 65.6 Å². The van der Waals surface area contributed by atoms with E-state index in [1.165, 1.54) is 11.8 Å². The van der Waals surface area contributed by atoms with Gasteiger partial charge in [0, 0.05) is 5.56 Å². The van der Waals surface area contributed by atoms with Crippen LogP contribution in [0.4, 0.5) is 5.69 Å². The number of carbonyl (C=O) groups is 1. The first-order valence-electron chi connectivity index (χ1n) is 10.9. The Hall–Kier alpha value is -4.09. The average Bonchev–Trinajstić information content (AvgIpc) is 3.21. The van der Waals surface area contributed by atoms with Crippen molar-refractivity contribution in [1.82, 2.24) is 5.32 Å². The van der Waals surface area contributed by atoms with Gasteiger partial charge in [-0.2, -0.15) is 5.26 Å². The monoisotopic (exact) mass is 487 g/mol. The fourth-order valence-electron chi connectivity index (χ4n) is 3.60. The Morgan fingerprint density at radius 1 is 1.06 bits per heavy atom. The lowest BCUT2D eigenvalue weighted by Gasteiger charge is -2.16. The third-order valence-electron chi connectivity index (χ3n) is 5.38. The number of rotatable bonds is 8. The van der Waals surface area contributed by atoms with Crippen LogP contribution in [0.5, 0.6) is 17.2 Å². The van der Waals surface area contributed by atoms with Crippen LogP contribution >= 0.6 is 11.8 Å². The highest BCUT2D eigenvalue weighted by atomic mass is 32.2. The van der Waals surface area contributed by atoms with Crippen molar-refractivity contribution in [2.75, 3.05) is 19.5 Å². The Balaban J connectivity index is 1.47. The van der Waals surface area contributed by atoms with Crippen LogP contribution < -0.4 is 24.8 Å². The predicted molar refractivity (Wildman–Crippen MR) is 137 cm³/mol. The van der Waals surface area contributed by atoms with Crippen LogP contribution in [-0.4, -0.2) is 25.6 Å². The third-order valence-corrected chi connectivity index (χ3v) is 6.41. The Morgan fingerprint density at radius 3 is 2.60 bits per heavy atom. The minimum Gasteiger partial charge on any atom is -0.495 e. The van der Waals surface area contributed by atoms with E-state index in [9.17, 15) is 10.1 Å². The zero-order valence-electron chi connectivity index (χ0n) is 19.6. The Bertz CT molecular complexity index is 1320. The van der Waals surface area contributed by atoms with Crippen molar-refractivity contribution >= 4 is 29.4 Å². The average molecular weight is 488 g/mol. The standard InChI is InChI=1S/C27H25N3O4S/c1-17-8-10-22(32-2)21(12-17)29-27-30-26(31)25(35-27)14-18-9-11-23(24(13-18)33-3)34-16-20-7-5-4-6-19(20)15-28/h4-14,27,29H,16H2,1-3H3,(H,30,31)/b25-14-. The molecule has 0 radical (unpaired) electrons. The van der Waals surface area contributed by atoms with Crippen molar-refractivity contribution in [3.05, 3.63) is 87.8 Å². The fraction of sp³-hybridized carbons (Fsp3) is 0.185. The SMILES string of the molecule is COc1ccc(C)cc1NC1NC(=O)/C(=C/c2ccc(OCc3ccccc3C#N)c(OC)c2)S1. The van der Waals surface area contributed by atoms with E-state index >= 15 is 0 Å². The van der Waals surface area contributed by atoms with Crippen molar-refractivity contribution in [3.8, 4) is 23.3 Å². The number of ether oxygens (including phenoxy) is 3. The van der Waals surface area contributed by atoms with Crippen LogP contribution in [0.1, 0.15) is 22.3 Å². The molecule has 8 heteroatoms. The lowest BCUT2D eigenvalue weighted by molar-refractivity contribution is -0.116. The van der Waals surface area contributed by atoms with Gasteiger partial charge in [0.05, 0.1) is 36.4 Å². The van der Waals surface area contributed by atoms with Gasteiger partial charge < -0.3 is 24.8 Å². The molecule has 1 aliphatic rings. The van der Waals surface area contributed by atoms with Crippen molar-refractivity contribution in [3.63, 3.8) is 0 Å². The van der Waals surface area contributed by atoms with Crippen molar-refractivity contribution in [1.29, 1.82) is 5.26 Å². The summed E-state index contributed by atoms with van der Waals surface area (Å²) in [6, 6.07) is 20.8. The van der Waals surface area contributed by atoms with Crippen molar-refractivity contribution in [2.45, 2.75) is 19.0 Å². The van der Waals surface area contributed by atoms with Gasteiger partial charge >= 0.3 is 0 Å². The van der Waals surface area contributed by atoms with Gasteiger partial charge in [-0.05, 0) is 54.5 Å². The molecule has 0 spiro atoms. The molecular formula is C27H25N3O4S. The lowest BCUT2D eigenvalue weighted by atomic mass is 10.1. The summed E-state index contributed by atoms with van der Waals surface area (Å²) in [6.07, 6.45) is 1.81. The molecule has 4 rings (SSSR count). The Labute approximate surface area is 208 Å². The molecule has 3 aromatic rings. The highest BCUT2D eigenvalue weighted by molar-refractivity contribution is 8.05. The summed E-state index contributed by atoms with van der Waals surface area (Å²) in [4.78, 5) is 13.2. The number of methoxy groups -OCH3 is 2. The molecule has 178 valence electrons. The van der Waals surface area contributed by atoms with Crippen LogP contribution in [0.2, 0.25) is 0 Å². The van der Waals surface area contributed by atoms with Gasteiger partial charge in [-0.15, -0.1) is 0 Å². The van der Waals surface area contributed by atoms with Gasteiger partial charge in [-0.3, -0.25) is 4.79 Å². The number of anilines is 1. The molecule has 1 aliphatic heterocycles. The summed E-state index contributed by atoms with van der Waals surface area (Å²) >= 11 is 1.39. The largest absolute Gasteiger partial charge is 0.495 e. The van der Waals surface area contributed by atoms with E-state index in [1.54, 1.807) is 26.4 Å². The summed E-state index contributed by atoms with van der Waals surface area (Å²) in [5.74, 6) is 1.64. The molecule has 7 nitrogen and oxygen atoms in total. The Morgan fingerprint density at radius 2 is 1.83 bits per heavy atom. The zero-order valence-corrected chi connectivity index (χ0v) is 20.4. The second-order valence-electron chi connectivity index (χ2n) is 7.80. The molecule has 0 aliphatic carbocycles. The van der Waals surface area contributed by atoms with Gasteiger partial charge in [0.15, 0.2) is 17.0 Å². The number of hydrogen-bond acceptors (Lipinski definition) is 7. The summed E-state index contributed by atoms with van der Waals surface area (Å²) in [7, 11) is 3.18. The normalized spacial score (nSPS) is 15.9. The maximum absolute atomic E-state index is 12.6. The van der Waals surface area contributed by atoms with Crippen molar-refractivity contribution in [2.24, 2.45) is 0 Å². The topological polar surface area (TPSA) is 92.6 Å². The van der Waals surface area contributed by atoms with E-state index < -0.39 is 0 Å². The molecule has 35 heavy (non-hydrogen) atoms. The minimum atomic E-state index is -0.325. The van der Waals surface area contributed by atoms with Crippen LogP contribution in [-0.2, 0) is 11.4 Å². The molecule has 3 aromatic carbocycles. The number of nitrogens with zero attached hydrogens (tertiary/aromatic N) is 1. The number of aryl methyl sites for hydroxylation is 1. The number of benzene rings is 3. The van der Waals surface area contributed by atoms with Gasteiger partial charge in [0.2, 0.25) is 0 Å². The number of thioether (sulfide) groups is 1. The quantitative estimate of drug-likeness (QED) is 0.429. The number of amides is 1. The first kappa shape index (κ1) is 24.0. The van der Waals surface area contributed by atoms with Gasteiger partial charge in [0.25, 0.3) is 5.91 Å². The molecular weight excluding hydrogens is 462 g/mol. The summed E-state index contributed by atoms with van der Waals surface area (Å²) < 4.78 is 16.8. The minimum absolute atomic E-state index is 0.161. The molecule has 1 unspecified atom stereocenters. The Kier molecular flexibility index (Phi) is 7.48. The van der Waals surface area contributed by atoms with E-state index in [0.29, 0.717) is 27.7 Å². The highest BCUT2D eigenvalue weighted by Gasteiger charge is 2.28. The molecule has 1 fully saturated rings. The van der Waals surface area contributed by atoms with E-state index in [0.717, 1.165) is 22.4 Å². The molecule has 1 atom stereocenters. The first-order chi connectivity index (χ1) is 17.0. The lowest BCUT2D eigenvalue weighted by Crippen LogP contribution is -2.31. The van der Waals surface area contributed by atoms with E-state index in [2.05, 4.69) is 16.7 Å².